The minimum atomic E-state index is -4.05. The van der Waals surface area contributed by atoms with E-state index in [1.807, 2.05) is 0 Å². The maximum atomic E-state index is 12.6. The molecular formula is C14H10I2O6S. The molecule has 0 aliphatic rings. The molecule has 0 aromatic heterocycles. The van der Waals surface area contributed by atoms with Crippen LogP contribution in [0.4, 0.5) is 0 Å². The molecule has 0 amide bonds. The summed E-state index contributed by atoms with van der Waals surface area (Å²) in [6, 6.07) is 11.0. The van der Waals surface area contributed by atoms with E-state index in [2.05, 4.69) is 2.51 Å². The lowest BCUT2D eigenvalue weighted by Gasteiger charge is -2.12. The Labute approximate surface area is 161 Å². The predicted molar refractivity (Wildman–Crippen MR) is 99.8 cm³/mol. The van der Waals surface area contributed by atoms with Crippen LogP contribution in [0.15, 0.2) is 47.4 Å². The Morgan fingerprint density at radius 1 is 1.04 bits per heavy atom. The summed E-state index contributed by atoms with van der Waals surface area (Å²) in [4.78, 5) is 12.4. The van der Waals surface area contributed by atoms with E-state index in [1.165, 1.54) is 42.2 Å². The van der Waals surface area contributed by atoms with Crippen LogP contribution in [0.2, 0.25) is 0 Å². The molecule has 122 valence electrons. The van der Waals surface area contributed by atoms with Gasteiger partial charge in [0.05, 0.1) is 12.7 Å². The van der Waals surface area contributed by atoms with Crippen molar-refractivity contribution in [3.8, 4) is 11.5 Å². The van der Waals surface area contributed by atoms with Crippen molar-refractivity contribution >= 4 is 61.9 Å². The molecule has 0 bridgehead atoms. The van der Waals surface area contributed by atoms with Crippen molar-refractivity contribution < 1.29 is 23.5 Å². The van der Waals surface area contributed by atoms with Crippen LogP contribution in [-0.2, 0) is 12.6 Å². The maximum Gasteiger partial charge on any atom is 0.309 e. The molecule has 0 N–H and O–H groups in total. The normalized spacial score (nSPS) is 11.1. The Morgan fingerprint density at radius 2 is 1.70 bits per heavy atom. The quantitative estimate of drug-likeness (QED) is 0.397. The first-order valence-electron chi connectivity index (χ1n) is 6.10. The van der Waals surface area contributed by atoms with E-state index in [-0.39, 0.29) is 27.7 Å². The fourth-order valence-corrected chi connectivity index (χ4v) is 3.58. The molecule has 0 atom stereocenters. The van der Waals surface area contributed by atoms with Gasteiger partial charge in [-0.3, -0.25) is 4.79 Å². The molecule has 9 heteroatoms. The van der Waals surface area contributed by atoms with E-state index < -0.39 is 10.1 Å². The molecule has 0 aliphatic carbocycles. The Balaban J connectivity index is 2.68. The number of benzene rings is 2. The van der Waals surface area contributed by atoms with Gasteiger partial charge in [-0.1, -0.05) is 30.3 Å². The Hall–Kier alpha value is -0.920. The van der Waals surface area contributed by atoms with Crippen molar-refractivity contribution in [3.05, 3.63) is 53.6 Å². The highest BCUT2D eigenvalue weighted by molar-refractivity contribution is 14.1. The standard InChI is InChI=1S/C14H10I2O6S/c1-20-12-8-11(21-15)10(7-13(12)23(18,19)22-16)14(17)9-5-3-2-4-6-9/h2-8H,1H3. The van der Waals surface area contributed by atoms with Crippen molar-refractivity contribution in [2.45, 2.75) is 4.90 Å². The van der Waals surface area contributed by atoms with Gasteiger partial charge < -0.3 is 7.80 Å². The highest BCUT2D eigenvalue weighted by Gasteiger charge is 2.26. The summed E-state index contributed by atoms with van der Waals surface area (Å²) in [5.41, 5.74) is 0.504. The molecular weight excluding hydrogens is 550 g/mol. The summed E-state index contributed by atoms with van der Waals surface area (Å²) in [5, 5.41) is 0. The third kappa shape index (κ3) is 3.95. The minimum absolute atomic E-state index is 0.0259. The zero-order chi connectivity index (χ0) is 17.0. The largest absolute Gasteiger partial charge is 0.495 e. The van der Waals surface area contributed by atoms with E-state index in [9.17, 15) is 13.2 Å². The molecule has 2 aromatic rings. The van der Waals surface area contributed by atoms with Crippen molar-refractivity contribution in [2.75, 3.05) is 7.11 Å². The number of rotatable bonds is 6. The van der Waals surface area contributed by atoms with Gasteiger partial charge in [0.1, 0.15) is 39.4 Å². The highest BCUT2D eigenvalue weighted by atomic mass is 127. The fourth-order valence-electron chi connectivity index (χ4n) is 1.92. The van der Waals surface area contributed by atoms with Crippen LogP contribution in [0.3, 0.4) is 0 Å². The van der Waals surface area contributed by atoms with Crippen LogP contribution in [0.5, 0.6) is 11.5 Å². The smallest absolute Gasteiger partial charge is 0.309 e. The lowest BCUT2D eigenvalue weighted by Crippen LogP contribution is -2.08. The number of ketones is 1. The average Bonchev–Trinajstić information content (AvgIpc) is 2.60. The van der Waals surface area contributed by atoms with Crippen LogP contribution in [0.1, 0.15) is 15.9 Å². The number of hydrogen-bond donors (Lipinski definition) is 0. The number of ether oxygens (including phenoxy) is 1. The number of carbonyl (C=O) groups is 1. The molecule has 0 spiro atoms. The average molecular weight is 560 g/mol. The number of methoxy groups -OCH3 is 1. The van der Waals surface area contributed by atoms with Crippen LogP contribution < -0.4 is 7.80 Å². The molecule has 0 fully saturated rings. The number of hydrogen-bond acceptors (Lipinski definition) is 6. The zero-order valence-electron chi connectivity index (χ0n) is 11.7. The highest BCUT2D eigenvalue weighted by Crippen LogP contribution is 2.35. The second-order valence-electron chi connectivity index (χ2n) is 4.29. The molecule has 23 heavy (non-hydrogen) atoms. The van der Waals surface area contributed by atoms with Gasteiger partial charge in [-0.25, -0.2) is 0 Å². The van der Waals surface area contributed by atoms with Gasteiger partial charge in [0.2, 0.25) is 0 Å². The van der Waals surface area contributed by atoms with Gasteiger partial charge in [0, 0.05) is 11.6 Å². The topological polar surface area (TPSA) is 78.9 Å². The van der Waals surface area contributed by atoms with Crippen LogP contribution in [0, 0.1) is 0 Å². The number of halogens is 2. The molecule has 0 unspecified atom stereocenters. The second-order valence-corrected chi connectivity index (χ2v) is 7.28. The summed E-state index contributed by atoms with van der Waals surface area (Å²) < 4.78 is 38.8. The Kier molecular flexibility index (Phi) is 6.22. The lowest BCUT2D eigenvalue weighted by atomic mass is 10.0. The van der Waals surface area contributed by atoms with Crippen LogP contribution in [0.25, 0.3) is 0 Å². The Bertz CT molecular complexity index is 821. The van der Waals surface area contributed by atoms with E-state index in [4.69, 9.17) is 7.80 Å². The molecule has 0 saturated carbocycles. The van der Waals surface area contributed by atoms with Crippen molar-refractivity contribution in [1.29, 1.82) is 0 Å². The van der Waals surface area contributed by atoms with E-state index >= 15 is 0 Å². The summed E-state index contributed by atoms with van der Waals surface area (Å²) in [5.74, 6) is -0.147. The van der Waals surface area contributed by atoms with Gasteiger partial charge in [-0.05, 0) is 6.07 Å². The zero-order valence-corrected chi connectivity index (χ0v) is 16.8. The van der Waals surface area contributed by atoms with E-state index in [0.29, 0.717) is 5.56 Å². The molecule has 2 rings (SSSR count). The van der Waals surface area contributed by atoms with Gasteiger partial charge in [0.25, 0.3) is 0 Å². The summed E-state index contributed by atoms with van der Waals surface area (Å²) >= 11 is 2.88. The third-order valence-electron chi connectivity index (χ3n) is 2.98. The maximum absolute atomic E-state index is 12.6. The van der Waals surface area contributed by atoms with Gasteiger partial charge in [-0.2, -0.15) is 10.9 Å². The number of carbonyl (C=O) groups excluding carboxylic acids is 1. The minimum Gasteiger partial charge on any atom is -0.495 e. The predicted octanol–water partition coefficient (Wildman–Crippen LogP) is 3.71. The molecule has 2 aromatic carbocycles. The summed E-state index contributed by atoms with van der Waals surface area (Å²) in [7, 11) is -2.74. The third-order valence-corrected chi connectivity index (χ3v) is 5.90. The summed E-state index contributed by atoms with van der Waals surface area (Å²) in [6.07, 6.45) is 0. The molecule has 0 heterocycles. The van der Waals surface area contributed by atoms with Crippen LogP contribution in [-0.4, -0.2) is 21.3 Å². The van der Waals surface area contributed by atoms with Crippen molar-refractivity contribution in [3.63, 3.8) is 0 Å². The van der Waals surface area contributed by atoms with Gasteiger partial charge >= 0.3 is 10.1 Å². The van der Waals surface area contributed by atoms with E-state index in [0.717, 1.165) is 0 Å². The fraction of sp³-hybridized carbons (Fsp3) is 0.0714. The first kappa shape index (κ1) is 18.4. The summed E-state index contributed by atoms with van der Waals surface area (Å²) in [6.45, 7) is 0. The molecule has 0 radical (unpaired) electrons. The van der Waals surface area contributed by atoms with E-state index in [1.54, 1.807) is 53.3 Å². The van der Waals surface area contributed by atoms with Crippen molar-refractivity contribution in [2.24, 2.45) is 0 Å². The SMILES string of the molecule is COc1cc(OI)c(C(=O)c2ccccc2)cc1S(=O)(=O)OI. The molecule has 6 nitrogen and oxygen atoms in total. The molecule has 0 aliphatic heterocycles. The Morgan fingerprint density at radius 3 is 2.22 bits per heavy atom. The van der Waals surface area contributed by atoms with Crippen LogP contribution >= 0.6 is 46.0 Å². The second kappa shape index (κ2) is 7.77. The van der Waals surface area contributed by atoms with Gasteiger partial charge in [-0.15, -0.1) is 0 Å². The first-order chi connectivity index (χ1) is 10.9. The monoisotopic (exact) mass is 560 g/mol. The molecule has 0 saturated heterocycles. The van der Waals surface area contributed by atoms with Crippen molar-refractivity contribution in [1.82, 2.24) is 0 Å². The lowest BCUT2D eigenvalue weighted by molar-refractivity contribution is 0.103. The first-order valence-corrected chi connectivity index (χ1v) is 9.27. The van der Waals surface area contributed by atoms with Gasteiger partial charge in [0.15, 0.2) is 28.8 Å².